The van der Waals surface area contributed by atoms with Gasteiger partial charge in [0.05, 0.1) is 26.0 Å². The van der Waals surface area contributed by atoms with E-state index in [1.807, 2.05) is 35.1 Å². The third kappa shape index (κ3) is 3.30. The molecule has 0 amide bonds. The Hall–Kier alpha value is -2.01. The molecule has 2 N–H and O–H groups in total. The lowest BCUT2D eigenvalue weighted by molar-refractivity contribution is 0.276. The summed E-state index contributed by atoms with van der Waals surface area (Å²) in [6.45, 7) is 4.15. The lowest BCUT2D eigenvalue weighted by Gasteiger charge is -2.16. The molecule has 5 heteroatoms. The van der Waals surface area contributed by atoms with Gasteiger partial charge in [-0.15, -0.1) is 0 Å². The molecule has 0 aliphatic heterocycles. The molecule has 1 heterocycles. The Kier molecular flexibility index (Phi) is 4.63. The number of hydrogen-bond donors (Lipinski definition) is 2. The minimum Gasteiger partial charge on any atom is -0.497 e. The van der Waals surface area contributed by atoms with Crippen LogP contribution in [0.4, 0.5) is 5.69 Å². The molecule has 1 unspecified atom stereocenters. The van der Waals surface area contributed by atoms with Gasteiger partial charge < -0.3 is 15.2 Å². The normalized spacial score (nSPS) is 12.4. The number of rotatable bonds is 6. The Labute approximate surface area is 119 Å². The van der Waals surface area contributed by atoms with E-state index < -0.39 is 0 Å². The highest BCUT2D eigenvalue weighted by molar-refractivity contribution is 5.48. The average molecular weight is 275 g/mol. The van der Waals surface area contributed by atoms with Crippen LogP contribution in [0.5, 0.6) is 5.75 Å². The molecule has 0 bridgehead atoms. The SMILES string of the molecule is COc1ccc(NC(CO)c2cnn(C(C)C)c2)cc1. The average Bonchev–Trinajstić information content (AvgIpc) is 2.95. The standard InChI is InChI=1S/C15H21N3O2/c1-11(2)18-9-12(8-16-18)15(10-19)17-13-4-6-14(20-3)7-5-13/h4-9,11,15,17,19H,10H2,1-3H3. The third-order valence-corrected chi connectivity index (χ3v) is 3.17. The van der Waals surface area contributed by atoms with Crippen LogP contribution in [0.2, 0.25) is 0 Å². The van der Waals surface area contributed by atoms with Gasteiger partial charge in [-0.1, -0.05) is 0 Å². The van der Waals surface area contributed by atoms with E-state index in [0.717, 1.165) is 17.0 Å². The zero-order valence-electron chi connectivity index (χ0n) is 12.1. The highest BCUT2D eigenvalue weighted by Gasteiger charge is 2.13. The molecule has 1 atom stereocenters. The van der Waals surface area contributed by atoms with Crippen molar-refractivity contribution in [3.05, 3.63) is 42.2 Å². The maximum Gasteiger partial charge on any atom is 0.119 e. The first-order chi connectivity index (χ1) is 9.63. The van der Waals surface area contributed by atoms with Crippen LogP contribution in [0.15, 0.2) is 36.7 Å². The van der Waals surface area contributed by atoms with Crippen molar-refractivity contribution in [2.45, 2.75) is 25.9 Å². The molecule has 5 nitrogen and oxygen atoms in total. The summed E-state index contributed by atoms with van der Waals surface area (Å²) in [6, 6.07) is 7.76. The van der Waals surface area contributed by atoms with Crippen LogP contribution in [-0.4, -0.2) is 28.6 Å². The van der Waals surface area contributed by atoms with Gasteiger partial charge in [0.1, 0.15) is 5.75 Å². The summed E-state index contributed by atoms with van der Waals surface area (Å²) in [5.41, 5.74) is 1.90. The van der Waals surface area contributed by atoms with Crippen LogP contribution >= 0.6 is 0 Å². The van der Waals surface area contributed by atoms with Crippen LogP contribution < -0.4 is 10.1 Å². The maximum atomic E-state index is 9.57. The van der Waals surface area contributed by atoms with Gasteiger partial charge in [-0.2, -0.15) is 5.10 Å². The number of aliphatic hydroxyl groups is 1. The minimum absolute atomic E-state index is 0.00974. The first-order valence-electron chi connectivity index (χ1n) is 6.69. The number of nitrogens with one attached hydrogen (secondary N) is 1. The van der Waals surface area contributed by atoms with Crippen molar-refractivity contribution >= 4 is 5.69 Å². The fraction of sp³-hybridized carbons (Fsp3) is 0.400. The largest absolute Gasteiger partial charge is 0.497 e. The Bertz CT molecular complexity index is 534. The predicted octanol–water partition coefficient (Wildman–Crippen LogP) is 2.62. The predicted molar refractivity (Wildman–Crippen MR) is 79.1 cm³/mol. The second-order valence-corrected chi connectivity index (χ2v) is 4.96. The first kappa shape index (κ1) is 14.4. The number of benzene rings is 1. The van der Waals surface area contributed by atoms with Crippen LogP contribution in [0.25, 0.3) is 0 Å². The van der Waals surface area contributed by atoms with Crippen molar-refractivity contribution in [2.24, 2.45) is 0 Å². The Morgan fingerprint density at radius 3 is 2.50 bits per heavy atom. The zero-order valence-corrected chi connectivity index (χ0v) is 12.1. The van der Waals surface area contributed by atoms with Gasteiger partial charge in [0.25, 0.3) is 0 Å². The number of aromatic nitrogens is 2. The van der Waals surface area contributed by atoms with E-state index in [1.54, 1.807) is 13.3 Å². The molecule has 0 fully saturated rings. The molecule has 2 aromatic rings. The third-order valence-electron chi connectivity index (χ3n) is 3.17. The fourth-order valence-corrected chi connectivity index (χ4v) is 1.94. The molecule has 1 aromatic heterocycles. The highest BCUT2D eigenvalue weighted by Crippen LogP contribution is 2.22. The number of hydrogen-bond acceptors (Lipinski definition) is 4. The lowest BCUT2D eigenvalue weighted by atomic mass is 10.1. The van der Waals surface area contributed by atoms with Crippen molar-refractivity contribution in [3.8, 4) is 5.75 Å². The number of anilines is 1. The van der Waals surface area contributed by atoms with Crippen molar-refractivity contribution in [1.29, 1.82) is 0 Å². The van der Waals surface area contributed by atoms with Gasteiger partial charge >= 0.3 is 0 Å². The molecule has 1 aromatic carbocycles. The molecule has 0 saturated carbocycles. The summed E-state index contributed by atoms with van der Waals surface area (Å²) in [7, 11) is 1.64. The Morgan fingerprint density at radius 1 is 1.30 bits per heavy atom. The molecule has 0 radical (unpaired) electrons. The zero-order chi connectivity index (χ0) is 14.5. The molecule has 0 aliphatic carbocycles. The minimum atomic E-state index is -0.170. The van der Waals surface area contributed by atoms with E-state index in [9.17, 15) is 5.11 Å². The number of nitrogens with zero attached hydrogens (tertiary/aromatic N) is 2. The molecular formula is C15H21N3O2. The molecule has 20 heavy (non-hydrogen) atoms. The molecule has 0 spiro atoms. The molecule has 2 rings (SSSR count). The van der Waals surface area contributed by atoms with Gasteiger partial charge in [-0.25, -0.2) is 0 Å². The van der Waals surface area contributed by atoms with Crippen molar-refractivity contribution < 1.29 is 9.84 Å². The quantitative estimate of drug-likeness (QED) is 0.851. The van der Waals surface area contributed by atoms with E-state index in [1.165, 1.54) is 0 Å². The van der Waals surface area contributed by atoms with Crippen LogP contribution in [0.1, 0.15) is 31.5 Å². The van der Waals surface area contributed by atoms with E-state index in [2.05, 4.69) is 24.3 Å². The topological polar surface area (TPSA) is 59.3 Å². The molecule has 0 aliphatic rings. The maximum absolute atomic E-state index is 9.57. The van der Waals surface area contributed by atoms with Crippen molar-refractivity contribution in [1.82, 2.24) is 9.78 Å². The van der Waals surface area contributed by atoms with E-state index in [0.29, 0.717) is 6.04 Å². The van der Waals surface area contributed by atoms with Gasteiger partial charge in [0.15, 0.2) is 0 Å². The Balaban J connectivity index is 2.10. The van der Waals surface area contributed by atoms with Gasteiger partial charge in [0, 0.05) is 23.5 Å². The molecule has 0 saturated heterocycles. The first-order valence-corrected chi connectivity index (χ1v) is 6.69. The van der Waals surface area contributed by atoms with Crippen molar-refractivity contribution in [3.63, 3.8) is 0 Å². The second-order valence-electron chi connectivity index (χ2n) is 4.96. The Morgan fingerprint density at radius 2 is 2.00 bits per heavy atom. The molecular weight excluding hydrogens is 254 g/mol. The monoisotopic (exact) mass is 275 g/mol. The summed E-state index contributed by atoms with van der Waals surface area (Å²) >= 11 is 0. The fourth-order valence-electron chi connectivity index (χ4n) is 1.94. The summed E-state index contributed by atoms with van der Waals surface area (Å²) in [6.07, 6.45) is 3.75. The summed E-state index contributed by atoms with van der Waals surface area (Å²) in [5, 5.41) is 17.2. The highest BCUT2D eigenvalue weighted by atomic mass is 16.5. The second kappa shape index (κ2) is 6.43. The van der Waals surface area contributed by atoms with Gasteiger partial charge in [0.2, 0.25) is 0 Å². The van der Waals surface area contributed by atoms with E-state index in [4.69, 9.17) is 4.74 Å². The van der Waals surface area contributed by atoms with Crippen LogP contribution in [-0.2, 0) is 0 Å². The van der Waals surface area contributed by atoms with Gasteiger partial charge in [-0.3, -0.25) is 4.68 Å². The number of ether oxygens (including phenoxy) is 1. The van der Waals surface area contributed by atoms with Crippen LogP contribution in [0.3, 0.4) is 0 Å². The number of aliphatic hydroxyl groups excluding tert-OH is 1. The summed E-state index contributed by atoms with van der Waals surface area (Å²) in [4.78, 5) is 0. The van der Waals surface area contributed by atoms with Gasteiger partial charge in [-0.05, 0) is 38.1 Å². The molecule has 108 valence electrons. The van der Waals surface area contributed by atoms with Crippen LogP contribution in [0, 0.1) is 0 Å². The van der Waals surface area contributed by atoms with Crippen molar-refractivity contribution in [2.75, 3.05) is 19.0 Å². The number of methoxy groups -OCH3 is 1. The summed E-state index contributed by atoms with van der Waals surface area (Å²) in [5.74, 6) is 0.809. The van der Waals surface area contributed by atoms with E-state index in [-0.39, 0.29) is 12.6 Å². The smallest absolute Gasteiger partial charge is 0.119 e. The van der Waals surface area contributed by atoms with E-state index >= 15 is 0 Å². The lowest BCUT2D eigenvalue weighted by Crippen LogP contribution is -2.14. The summed E-state index contributed by atoms with van der Waals surface area (Å²) < 4.78 is 7.01.